The summed E-state index contributed by atoms with van der Waals surface area (Å²) in [4.78, 5) is 121. The minimum Gasteiger partial charge on any atom is -0.504 e. The molecule has 13 atom stereocenters. The lowest BCUT2D eigenvalue weighted by Crippen LogP contribution is -2.64. The number of rotatable bonds is 18. The number of anilines is 1. The Labute approximate surface area is 576 Å². The van der Waals surface area contributed by atoms with Gasteiger partial charge in [-0.25, -0.2) is 4.79 Å². The molecule has 34 heteroatoms. The Morgan fingerprint density at radius 3 is 2.01 bits per heavy atom. The molecule has 540 valence electrons. The van der Waals surface area contributed by atoms with Crippen LogP contribution >= 0.6 is 22.5 Å². The molecule has 16 N–H and O–H groups in total. The molecule has 1 aliphatic carbocycles. The Morgan fingerprint density at radius 2 is 1.37 bits per heavy atom. The fourth-order valence-corrected chi connectivity index (χ4v) is 14.3. The second kappa shape index (κ2) is 33.4. The molecule has 5 fully saturated rings. The Kier molecular flexibility index (Phi) is 25.3. The number of alkyl carbamates (subject to hydrolysis) is 1. The lowest BCUT2D eigenvalue weighted by molar-refractivity contribution is -0.147. The summed E-state index contributed by atoms with van der Waals surface area (Å²) < 4.78 is 38.3. The fraction of sp³-hybridized carbons (Fsp3) is 0.538. The minimum absolute atomic E-state index is 0.00865. The molecule has 1 aromatic heterocycles. The van der Waals surface area contributed by atoms with Crippen LogP contribution in [0.4, 0.5) is 10.5 Å². The number of phenols is 1. The second-order valence-corrected chi connectivity index (χ2v) is 28.0. The van der Waals surface area contributed by atoms with Crippen LogP contribution in [0.5, 0.6) is 11.5 Å². The first kappa shape index (κ1) is 75.1. The number of hydrogen-bond donors (Lipinski definition) is 16. The Bertz CT molecular complexity index is 3510. The van der Waals surface area contributed by atoms with E-state index in [9.17, 15) is 87.8 Å². The topological polar surface area (TPSA) is 468 Å². The van der Waals surface area contributed by atoms with Gasteiger partial charge < -0.3 is 91.3 Å². The third-order valence-corrected chi connectivity index (χ3v) is 20.0. The van der Waals surface area contributed by atoms with E-state index in [0.717, 1.165) is 78.3 Å². The van der Waals surface area contributed by atoms with Crippen molar-refractivity contribution >= 4 is 75.6 Å². The Hall–Kier alpha value is -8.13. The largest absolute Gasteiger partial charge is 0.504 e. The maximum atomic E-state index is 15.0. The van der Waals surface area contributed by atoms with Crippen LogP contribution in [0.15, 0.2) is 79.4 Å². The maximum Gasteiger partial charge on any atom is 0.407 e. The number of piperazine rings is 1. The van der Waals surface area contributed by atoms with E-state index >= 15 is 0 Å². The van der Waals surface area contributed by atoms with Crippen molar-refractivity contribution in [2.24, 2.45) is 11.8 Å². The van der Waals surface area contributed by atoms with Crippen LogP contribution in [0.1, 0.15) is 81.6 Å². The number of nitrogens with zero attached hydrogens (tertiary/aromatic N) is 6. The molecule has 9 rings (SSSR count). The first-order valence-electron chi connectivity index (χ1n) is 32.8. The minimum atomic E-state index is -4.75. The van der Waals surface area contributed by atoms with E-state index in [1.54, 1.807) is 12.1 Å². The molecule has 4 saturated heterocycles. The predicted octanol–water partition coefficient (Wildman–Crippen LogP) is 0.0466. The predicted molar refractivity (Wildman–Crippen MR) is 359 cm³/mol. The number of nitrogens with one attached hydrogen (secondary N) is 6. The van der Waals surface area contributed by atoms with Gasteiger partial charge >= 0.3 is 6.09 Å². The van der Waals surface area contributed by atoms with Crippen LogP contribution in [0.25, 0.3) is 21.1 Å². The van der Waals surface area contributed by atoms with Crippen molar-refractivity contribution in [2.75, 3.05) is 63.9 Å². The highest BCUT2D eigenvalue weighted by atomic mass is 32.3. The molecule has 4 aliphatic heterocycles. The van der Waals surface area contributed by atoms with Gasteiger partial charge in [0.15, 0.2) is 11.5 Å². The van der Waals surface area contributed by atoms with E-state index in [0.29, 0.717) is 21.6 Å². The summed E-state index contributed by atoms with van der Waals surface area (Å²) in [7, 11) is 0. The lowest BCUT2D eigenvalue weighted by atomic mass is 9.86. The molecule has 5 aliphatic rings. The van der Waals surface area contributed by atoms with E-state index < -0.39 is 201 Å². The third-order valence-electron chi connectivity index (χ3n) is 18.6. The number of ether oxygens (including phenoxy) is 1. The molecule has 5 heterocycles. The summed E-state index contributed by atoms with van der Waals surface area (Å²) in [6.07, 6.45) is -7.90. The zero-order valence-corrected chi connectivity index (χ0v) is 56.5. The number of aliphatic hydroxyl groups excluding tert-OH is 6. The number of aromatic hydroxyl groups is 1. The fourth-order valence-electron chi connectivity index (χ4n) is 13.1. The molecule has 0 radical (unpaired) electrons. The standard InChI is InChI=1S/C65H88N12O20S2/c1-5-26-96-65(92)66-21-20-48(82)53-64(91)77-32-35(3)55(84)54(77)60(89)67-31-43(79)29-45(68-56(85)38-9-11-39(12-10-38)61-72-73-62(98-61)40-13-17-42(18-14-40)75-24-22-74(23-25-75)41-15-6-34(2)7-16-41)57(86)69-51(36(4)78)63(90)76-33-44(80)30-46(76)58(87)70-52(59(88)71-53)49(83)27-37-8-19-47(81)50(28-37)97-99(93,94)95/h5,8-14,17-19,28,34-36,41,43-46,48-49,51-55,78-84,93-95H,1,6-7,15-16,20-27,29-33H2,2-4H3,(H,66,92)(H,67,89)(H,68,85)(H,69,86)(H,70,87)(H,71,88)/t34?,35-,36+,41?,43+,44+,45?,46-,48+,49+,51-,52-,53-,54-,55-/m0/s1. The lowest BCUT2D eigenvalue weighted by Gasteiger charge is -2.42. The van der Waals surface area contributed by atoms with Crippen LogP contribution in [0.2, 0.25) is 0 Å². The van der Waals surface area contributed by atoms with Gasteiger partial charge in [0.25, 0.3) is 17.1 Å². The van der Waals surface area contributed by atoms with Crippen molar-refractivity contribution in [3.63, 3.8) is 0 Å². The van der Waals surface area contributed by atoms with Gasteiger partial charge in [0.1, 0.15) is 52.9 Å². The van der Waals surface area contributed by atoms with Gasteiger partial charge in [-0.05, 0) is 99.0 Å². The Balaban J connectivity index is 0.968. The smallest absolute Gasteiger partial charge is 0.407 e. The normalized spacial score (nSPS) is 27.6. The van der Waals surface area contributed by atoms with Crippen molar-refractivity contribution < 1.29 is 96.7 Å². The zero-order chi connectivity index (χ0) is 71.6. The average molecular weight is 1420 g/mol. The molecular weight excluding hydrogens is 1330 g/mol. The van der Waals surface area contributed by atoms with Gasteiger partial charge in [-0.15, -0.1) is 10.2 Å². The Morgan fingerprint density at radius 1 is 0.747 bits per heavy atom. The number of amides is 8. The number of hydrogen-bond acceptors (Lipinski definition) is 25. The number of aliphatic hydroxyl groups is 6. The molecule has 1 unspecified atom stereocenters. The highest BCUT2D eigenvalue weighted by Gasteiger charge is 2.50. The van der Waals surface area contributed by atoms with Gasteiger partial charge in [-0.2, -0.15) is 0 Å². The van der Waals surface area contributed by atoms with Gasteiger partial charge in [0.2, 0.25) is 35.4 Å². The molecule has 3 aromatic carbocycles. The number of carbonyl (C=O) groups excluding carboxylic acids is 8. The van der Waals surface area contributed by atoms with Crippen LogP contribution in [-0.2, 0) is 39.9 Å². The molecule has 0 bridgehead atoms. The highest BCUT2D eigenvalue weighted by molar-refractivity contribution is 8.15. The molecule has 4 aromatic rings. The number of carbonyl (C=O) groups is 8. The monoisotopic (exact) mass is 1420 g/mol. The summed E-state index contributed by atoms with van der Waals surface area (Å²) >= 11 is -3.42. The summed E-state index contributed by atoms with van der Waals surface area (Å²) in [6, 6.07) is 6.28. The SMILES string of the molecule is C=CCOC(=O)NCC[C@@H](O)[C@@H]1NC(=O)[C@H]([C@H](O)Cc2ccc(O)c(OS(O)(O)O)c2)NC(=O)[C@@H]2C[C@@H](O)CN2C(=O)[C@H]([C@@H](C)O)NC(=O)C(NC(=O)c2ccc(-c3nnc(-c4ccc(N5CCN(C6CCC(C)CC6)CC5)cc4)s3)cc2)C[C@@H](O)CNC(=O)[C@@H]2[C@@H](O)[C@@H](C)CN2C1=O. The van der Waals surface area contributed by atoms with Crippen molar-refractivity contribution in [3.05, 3.63) is 90.5 Å². The molecule has 99 heavy (non-hydrogen) atoms. The number of phenolic OH excluding ortho intramolecular Hbond substituents is 1. The zero-order valence-electron chi connectivity index (χ0n) is 54.9. The summed E-state index contributed by atoms with van der Waals surface area (Å²) in [6.45, 7) is 9.94. The van der Waals surface area contributed by atoms with Crippen molar-refractivity contribution in [1.29, 1.82) is 0 Å². The van der Waals surface area contributed by atoms with Gasteiger partial charge in [0, 0.05) is 106 Å². The quantitative estimate of drug-likeness (QED) is 0.0585. The van der Waals surface area contributed by atoms with Crippen LogP contribution in [0.3, 0.4) is 0 Å². The summed E-state index contributed by atoms with van der Waals surface area (Å²) in [5, 5.41) is 104. The van der Waals surface area contributed by atoms with Gasteiger partial charge in [0.05, 0.1) is 36.6 Å². The van der Waals surface area contributed by atoms with Crippen molar-refractivity contribution in [3.8, 4) is 32.6 Å². The van der Waals surface area contributed by atoms with Crippen molar-refractivity contribution in [2.45, 2.75) is 151 Å². The van der Waals surface area contributed by atoms with Gasteiger partial charge in [-0.3, -0.25) is 52.1 Å². The molecule has 0 spiro atoms. The number of benzene rings is 3. The number of β-amino-alcohol motifs (C(OH)–C–C–N with tert-alkyl or cyclic N) is 1. The third kappa shape index (κ3) is 19.2. The number of aromatic nitrogens is 2. The molecule has 32 nitrogen and oxygen atoms in total. The van der Waals surface area contributed by atoms with Crippen LogP contribution in [-0.4, -0.2) is 260 Å². The van der Waals surface area contributed by atoms with Crippen LogP contribution in [0, 0.1) is 11.8 Å². The average Bonchev–Trinajstić information content (AvgIpc) is 1.74. The van der Waals surface area contributed by atoms with E-state index in [4.69, 9.17) is 4.74 Å². The van der Waals surface area contributed by atoms with Crippen LogP contribution < -0.4 is 41.0 Å². The second-order valence-electron chi connectivity index (χ2n) is 25.9. The van der Waals surface area contributed by atoms with E-state index in [1.165, 1.54) is 62.2 Å². The molecular formula is C65H88N12O20S2. The molecule has 1 saturated carbocycles. The maximum absolute atomic E-state index is 15.0. The highest BCUT2D eigenvalue weighted by Crippen LogP contribution is 2.41. The molecule has 8 amide bonds. The summed E-state index contributed by atoms with van der Waals surface area (Å²) in [5.74, 6) is -9.77. The number of fused-ring (bicyclic) bond motifs is 2. The first-order valence-corrected chi connectivity index (χ1v) is 35.1. The van der Waals surface area contributed by atoms with E-state index in [1.807, 2.05) is 12.1 Å². The van der Waals surface area contributed by atoms with Gasteiger partial charge in [-0.1, -0.05) is 56.0 Å². The summed E-state index contributed by atoms with van der Waals surface area (Å²) in [5.41, 5.74) is 2.52. The van der Waals surface area contributed by atoms with E-state index in [2.05, 4.69) is 81.7 Å². The first-order chi connectivity index (χ1) is 47.0. The van der Waals surface area contributed by atoms with E-state index in [-0.39, 0.29) is 17.7 Å². The van der Waals surface area contributed by atoms with Crippen molar-refractivity contribution in [1.82, 2.24) is 56.8 Å².